The lowest BCUT2D eigenvalue weighted by molar-refractivity contribution is -0.130. The van der Waals surface area contributed by atoms with Gasteiger partial charge in [-0.15, -0.1) is 0 Å². The molecule has 2 aliphatic heterocycles. The lowest BCUT2D eigenvalue weighted by Crippen LogP contribution is -2.51. The Morgan fingerprint density at radius 3 is 1.96 bits per heavy atom. The van der Waals surface area contributed by atoms with Gasteiger partial charge in [-0.25, -0.2) is 0 Å². The molecule has 1 amide bonds. The summed E-state index contributed by atoms with van der Waals surface area (Å²) in [5.41, 5.74) is 0.315. The summed E-state index contributed by atoms with van der Waals surface area (Å²) < 4.78 is 0. The SMILES string of the molecule is CN(C)C(=O)CN1CCN(CC2CCN(C(C)(C)C)CC2)CC1. The maximum absolute atomic E-state index is 11.8. The smallest absolute Gasteiger partial charge is 0.236 e. The molecule has 0 aromatic carbocycles. The highest BCUT2D eigenvalue weighted by atomic mass is 16.2. The van der Waals surface area contributed by atoms with E-state index in [4.69, 9.17) is 0 Å². The zero-order chi connectivity index (χ0) is 17.0. The van der Waals surface area contributed by atoms with E-state index in [0.717, 1.165) is 32.1 Å². The Balaban J connectivity index is 1.66. The van der Waals surface area contributed by atoms with Crippen LogP contribution in [0.25, 0.3) is 0 Å². The Morgan fingerprint density at radius 2 is 1.48 bits per heavy atom. The van der Waals surface area contributed by atoms with Crippen LogP contribution in [0.3, 0.4) is 0 Å². The van der Waals surface area contributed by atoms with Crippen molar-refractivity contribution in [3.63, 3.8) is 0 Å². The van der Waals surface area contributed by atoms with E-state index in [0.29, 0.717) is 12.1 Å². The van der Waals surface area contributed by atoms with Gasteiger partial charge in [0.1, 0.15) is 0 Å². The summed E-state index contributed by atoms with van der Waals surface area (Å²) in [6.45, 7) is 15.5. The molecule has 2 fully saturated rings. The molecular weight excluding hydrogens is 288 g/mol. The summed E-state index contributed by atoms with van der Waals surface area (Å²) in [7, 11) is 3.67. The number of piperazine rings is 1. The summed E-state index contributed by atoms with van der Waals surface area (Å²) in [4.78, 5) is 21.0. The molecule has 0 saturated carbocycles. The van der Waals surface area contributed by atoms with Crippen molar-refractivity contribution in [2.45, 2.75) is 39.2 Å². The number of carbonyl (C=O) groups excluding carboxylic acids is 1. The van der Waals surface area contributed by atoms with Crippen LogP contribution in [0.4, 0.5) is 0 Å². The molecule has 2 heterocycles. The molecule has 0 aromatic heterocycles. The van der Waals surface area contributed by atoms with Gasteiger partial charge in [0.25, 0.3) is 0 Å². The molecule has 0 aliphatic carbocycles. The summed E-state index contributed by atoms with van der Waals surface area (Å²) in [6, 6.07) is 0. The number of likely N-dealkylation sites (N-methyl/N-ethyl adjacent to an activating group) is 1. The maximum Gasteiger partial charge on any atom is 0.236 e. The Hall–Kier alpha value is -0.650. The predicted molar refractivity (Wildman–Crippen MR) is 95.6 cm³/mol. The van der Waals surface area contributed by atoms with E-state index in [1.54, 1.807) is 4.90 Å². The van der Waals surface area contributed by atoms with Gasteiger partial charge in [-0.3, -0.25) is 14.6 Å². The van der Waals surface area contributed by atoms with Crippen LogP contribution < -0.4 is 0 Å². The van der Waals surface area contributed by atoms with Crippen LogP contribution >= 0.6 is 0 Å². The number of hydrogen-bond donors (Lipinski definition) is 0. The van der Waals surface area contributed by atoms with Crippen LogP contribution in [0.2, 0.25) is 0 Å². The Labute approximate surface area is 142 Å². The third-order valence-corrected chi connectivity index (χ3v) is 5.40. The van der Waals surface area contributed by atoms with Crippen molar-refractivity contribution in [1.29, 1.82) is 0 Å². The number of piperidine rings is 1. The van der Waals surface area contributed by atoms with E-state index >= 15 is 0 Å². The fourth-order valence-electron chi connectivity index (χ4n) is 3.61. The topological polar surface area (TPSA) is 30.0 Å². The van der Waals surface area contributed by atoms with Gasteiger partial charge in [-0.05, 0) is 52.6 Å². The van der Waals surface area contributed by atoms with Crippen molar-refractivity contribution >= 4 is 5.91 Å². The van der Waals surface area contributed by atoms with Gasteiger partial charge in [0.05, 0.1) is 6.54 Å². The molecule has 23 heavy (non-hydrogen) atoms. The first-order valence-corrected chi connectivity index (χ1v) is 9.15. The van der Waals surface area contributed by atoms with E-state index in [-0.39, 0.29) is 5.91 Å². The van der Waals surface area contributed by atoms with E-state index in [1.165, 1.54) is 32.5 Å². The Kier molecular flexibility index (Phi) is 6.46. The van der Waals surface area contributed by atoms with E-state index < -0.39 is 0 Å². The average Bonchev–Trinajstić information content (AvgIpc) is 2.49. The van der Waals surface area contributed by atoms with Crippen LogP contribution in [0.5, 0.6) is 0 Å². The average molecular weight is 325 g/mol. The van der Waals surface area contributed by atoms with Gasteiger partial charge in [0.2, 0.25) is 5.91 Å². The van der Waals surface area contributed by atoms with Gasteiger partial charge in [-0.1, -0.05) is 0 Å². The highest BCUT2D eigenvalue weighted by Crippen LogP contribution is 2.24. The molecule has 2 saturated heterocycles. The molecule has 2 rings (SSSR count). The number of likely N-dealkylation sites (tertiary alicyclic amines) is 1. The van der Waals surface area contributed by atoms with Gasteiger partial charge >= 0.3 is 0 Å². The van der Waals surface area contributed by atoms with Crippen LogP contribution in [-0.2, 0) is 4.79 Å². The number of amides is 1. The summed E-state index contributed by atoms with van der Waals surface area (Å²) in [5.74, 6) is 1.07. The van der Waals surface area contributed by atoms with Gasteiger partial charge < -0.3 is 9.80 Å². The van der Waals surface area contributed by atoms with Gasteiger partial charge in [0, 0.05) is 52.4 Å². The van der Waals surface area contributed by atoms with Crippen molar-refractivity contribution in [1.82, 2.24) is 19.6 Å². The van der Waals surface area contributed by atoms with Crippen molar-refractivity contribution in [2.24, 2.45) is 5.92 Å². The molecular formula is C18H36N4O. The van der Waals surface area contributed by atoms with Crippen LogP contribution in [0.15, 0.2) is 0 Å². The Bertz CT molecular complexity index is 375. The van der Waals surface area contributed by atoms with E-state index in [2.05, 4.69) is 35.5 Å². The third kappa shape index (κ3) is 5.73. The first kappa shape index (κ1) is 18.7. The standard InChI is InChI=1S/C18H36N4O/c1-18(2,3)22-8-6-16(7-9-22)14-20-10-12-21(13-11-20)15-17(23)19(4)5/h16H,6-15H2,1-5H3. The van der Waals surface area contributed by atoms with Crippen molar-refractivity contribution < 1.29 is 4.79 Å². The first-order chi connectivity index (χ1) is 10.8. The zero-order valence-corrected chi connectivity index (χ0v) is 15.8. The minimum absolute atomic E-state index is 0.216. The fraction of sp³-hybridized carbons (Fsp3) is 0.944. The van der Waals surface area contributed by atoms with Gasteiger partial charge in [-0.2, -0.15) is 0 Å². The largest absolute Gasteiger partial charge is 0.348 e. The highest BCUT2D eigenvalue weighted by molar-refractivity contribution is 5.77. The van der Waals surface area contributed by atoms with Crippen LogP contribution in [-0.4, -0.2) is 97.5 Å². The maximum atomic E-state index is 11.8. The van der Waals surface area contributed by atoms with Crippen molar-refractivity contribution in [3.05, 3.63) is 0 Å². The normalized spacial score (nSPS) is 23.2. The molecule has 0 atom stereocenters. The molecule has 0 aromatic rings. The monoisotopic (exact) mass is 324 g/mol. The van der Waals surface area contributed by atoms with Gasteiger partial charge in [0.15, 0.2) is 0 Å². The quantitative estimate of drug-likeness (QED) is 0.777. The fourth-order valence-corrected chi connectivity index (χ4v) is 3.61. The molecule has 0 spiro atoms. The lowest BCUT2D eigenvalue weighted by Gasteiger charge is -2.43. The molecule has 0 N–H and O–H groups in total. The van der Waals surface area contributed by atoms with E-state index in [1.807, 2.05) is 14.1 Å². The molecule has 0 unspecified atom stereocenters. The summed E-state index contributed by atoms with van der Waals surface area (Å²) >= 11 is 0. The molecule has 0 radical (unpaired) electrons. The predicted octanol–water partition coefficient (Wildman–Crippen LogP) is 1.20. The highest BCUT2D eigenvalue weighted by Gasteiger charge is 2.28. The van der Waals surface area contributed by atoms with E-state index in [9.17, 15) is 4.79 Å². The lowest BCUT2D eigenvalue weighted by atomic mass is 9.92. The minimum Gasteiger partial charge on any atom is -0.348 e. The van der Waals surface area contributed by atoms with Crippen molar-refractivity contribution in [2.75, 3.05) is 66.5 Å². The zero-order valence-electron chi connectivity index (χ0n) is 15.8. The second-order valence-electron chi connectivity index (χ2n) is 8.47. The van der Waals surface area contributed by atoms with Crippen LogP contribution in [0, 0.1) is 5.92 Å². The molecule has 134 valence electrons. The summed E-state index contributed by atoms with van der Waals surface area (Å²) in [5, 5.41) is 0. The third-order valence-electron chi connectivity index (χ3n) is 5.40. The van der Waals surface area contributed by atoms with Crippen molar-refractivity contribution in [3.8, 4) is 0 Å². The first-order valence-electron chi connectivity index (χ1n) is 9.15. The molecule has 0 bridgehead atoms. The second-order valence-corrected chi connectivity index (χ2v) is 8.47. The number of hydrogen-bond acceptors (Lipinski definition) is 4. The molecule has 5 nitrogen and oxygen atoms in total. The minimum atomic E-state index is 0.216. The second kappa shape index (κ2) is 7.95. The molecule has 5 heteroatoms. The number of rotatable bonds is 4. The Morgan fingerprint density at radius 1 is 0.957 bits per heavy atom. The van der Waals surface area contributed by atoms with Crippen LogP contribution in [0.1, 0.15) is 33.6 Å². The number of carbonyl (C=O) groups is 1. The summed E-state index contributed by atoms with van der Waals surface area (Å²) in [6.07, 6.45) is 2.66. The molecule has 2 aliphatic rings. The number of nitrogens with zero attached hydrogens (tertiary/aromatic N) is 4.